The zero-order valence-corrected chi connectivity index (χ0v) is 15.3. The zero-order valence-electron chi connectivity index (χ0n) is 14.5. The van der Waals surface area contributed by atoms with Gasteiger partial charge < -0.3 is 10.6 Å². The number of carbonyl (C=O) groups is 2. The molecular formula is C19H21N3O2S. The smallest absolute Gasteiger partial charge is 0.257 e. The molecule has 0 atom stereocenters. The minimum Gasteiger partial charge on any atom is -0.332 e. The van der Waals surface area contributed by atoms with Crippen molar-refractivity contribution in [3.63, 3.8) is 0 Å². The van der Waals surface area contributed by atoms with E-state index in [0.717, 1.165) is 16.8 Å². The van der Waals surface area contributed by atoms with Gasteiger partial charge in [-0.25, -0.2) is 0 Å². The quantitative estimate of drug-likeness (QED) is 0.730. The lowest BCUT2D eigenvalue weighted by molar-refractivity contribution is -0.115. The van der Waals surface area contributed by atoms with Crippen molar-refractivity contribution in [1.82, 2.24) is 5.32 Å². The van der Waals surface area contributed by atoms with Crippen LogP contribution < -0.4 is 16.0 Å². The molecule has 0 spiro atoms. The molecule has 0 radical (unpaired) electrons. The Labute approximate surface area is 152 Å². The van der Waals surface area contributed by atoms with E-state index in [2.05, 4.69) is 16.0 Å². The number of carbonyl (C=O) groups excluding carboxylic acids is 2. The molecule has 2 amide bonds. The van der Waals surface area contributed by atoms with Crippen LogP contribution in [0.15, 0.2) is 42.5 Å². The number of anilines is 2. The highest BCUT2D eigenvalue weighted by atomic mass is 32.1. The van der Waals surface area contributed by atoms with E-state index >= 15 is 0 Å². The van der Waals surface area contributed by atoms with Crippen LogP contribution >= 0.6 is 12.2 Å². The second-order valence-corrected chi connectivity index (χ2v) is 6.07. The van der Waals surface area contributed by atoms with Gasteiger partial charge in [0.2, 0.25) is 5.91 Å². The van der Waals surface area contributed by atoms with Crippen LogP contribution in [0.3, 0.4) is 0 Å². The fourth-order valence-electron chi connectivity index (χ4n) is 2.26. The first kappa shape index (κ1) is 18.6. The van der Waals surface area contributed by atoms with Crippen LogP contribution in [0, 0.1) is 13.8 Å². The number of amides is 2. The summed E-state index contributed by atoms with van der Waals surface area (Å²) in [5, 5.41) is 8.71. The molecule has 2 aromatic rings. The van der Waals surface area contributed by atoms with Crippen LogP contribution in [0.2, 0.25) is 0 Å². The van der Waals surface area contributed by atoms with Crippen molar-refractivity contribution in [3.05, 3.63) is 59.2 Å². The normalized spacial score (nSPS) is 10.0. The van der Waals surface area contributed by atoms with Gasteiger partial charge >= 0.3 is 0 Å². The number of aryl methyl sites for hydroxylation is 1. The maximum Gasteiger partial charge on any atom is 0.257 e. The van der Waals surface area contributed by atoms with Crippen molar-refractivity contribution in [2.75, 3.05) is 10.6 Å². The second kappa shape index (κ2) is 8.39. The van der Waals surface area contributed by atoms with Gasteiger partial charge in [-0.15, -0.1) is 0 Å². The monoisotopic (exact) mass is 355 g/mol. The Morgan fingerprint density at radius 2 is 1.64 bits per heavy atom. The Bertz CT molecular complexity index is 818. The zero-order chi connectivity index (χ0) is 18.4. The van der Waals surface area contributed by atoms with Crippen LogP contribution in [0.1, 0.15) is 34.8 Å². The summed E-state index contributed by atoms with van der Waals surface area (Å²) in [4.78, 5) is 23.8. The summed E-state index contributed by atoms with van der Waals surface area (Å²) in [5.41, 5.74) is 3.83. The predicted octanol–water partition coefficient (Wildman–Crippen LogP) is 3.78. The SMILES string of the molecule is CCC(=O)Nc1cccc(NC(=S)NC(=O)c2cccc(C)c2)c1C. The number of rotatable bonds is 4. The lowest BCUT2D eigenvalue weighted by Gasteiger charge is -2.15. The molecule has 0 aliphatic rings. The van der Waals surface area contributed by atoms with E-state index in [9.17, 15) is 9.59 Å². The summed E-state index contributed by atoms with van der Waals surface area (Å²) >= 11 is 5.23. The highest BCUT2D eigenvalue weighted by Crippen LogP contribution is 2.23. The number of nitrogens with one attached hydrogen (secondary N) is 3. The van der Waals surface area contributed by atoms with Gasteiger partial charge in [0.15, 0.2) is 5.11 Å². The van der Waals surface area contributed by atoms with E-state index in [0.29, 0.717) is 17.7 Å². The third-order valence-electron chi connectivity index (χ3n) is 3.68. The van der Waals surface area contributed by atoms with Crippen molar-refractivity contribution in [2.45, 2.75) is 27.2 Å². The van der Waals surface area contributed by atoms with E-state index in [1.54, 1.807) is 19.1 Å². The topological polar surface area (TPSA) is 70.2 Å². The summed E-state index contributed by atoms with van der Waals surface area (Å²) in [6, 6.07) is 12.7. The minimum absolute atomic E-state index is 0.0597. The molecule has 130 valence electrons. The first-order valence-electron chi connectivity index (χ1n) is 7.99. The van der Waals surface area contributed by atoms with E-state index in [1.165, 1.54) is 0 Å². The fourth-order valence-corrected chi connectivity index (χ4v) is 2.46. The molecule has 2 aromatic carbocycles. The van der Waals surface area contributed by atoms with Crippen molar-refractivity contribution >= 4 is 40.5 Å². The van der Waals surface area contributed by atoms with E-state index < -0.39 is 0 Å². The molecule has 0 saturated carbocycles. The number of hydrogen-bond donors (Lipinski definition) is 3. The minimum atomic E-state index is -0.269. The van der Waals surface area contributed by atoms with Crippen molar-refractivity contribution in [1.29, 1.82) is 0 Å². The van der Waals surface area contributed by atoms with Crippen molar-refractivity contribution < 1.29 is 9.59 Å². The first-order valence-corrected chi connectivity index (χ1v) is 8.40. The van der Waals surface area contributed by atoms with Gasteiger partial charge in [0.1, 0.15) is 0 Å². The molecule has 25 heavy (non-hydrogen) atoms. The molecule has 0 aliphatic carbocycles. The maximum absolute atomic E-state index is 12.2. The summed E-state index contributed by atoms with van der Waals surface area (Å²) < 4.78 is 0. The third kappa shape index (κ3) is 5.12. The van der Waals surface area contributed by atoms with Gasteiger partial charge in [-0.2, -0.15) is 0 Å². The molecule has 0 aliphatic heterocycles. The third-order valence-corrected chi connectivity index (χ3v) is 3.89. The summed E-state index contributed by atoms with van der Waals surface area (Å²) in [6.45, 7) is 5.59. The van der Waals surface area contributed by atoms with Gasteiger partial charge in [0.05, 0.1) is 0 Å². The van der Waals surface area contributed by atoms with E-state index in [4.69, 9.17) is 12.2 Å². The van der Waals surface area contributed by atoms with Gasteiger partial charge in [0, 0.05) is 23.4 Å². The first-order chi connectivity index (χ1) is 11.9. The molecule has 6 heteroatoms. The van der Waals surface area contributed by atoms with Gasteiger partial charge in [-0.1, -0.05) is 30.7 Å². The molecule has 0 bridgehead atoms. The second-order valence-electron chi connectivity index (χ2n) is 5.66. The highest BCUT2D eigenvalue weighted by molar-refractivity contribution is 7.80. The molecule has 2 rings (SSSR count). The molecule has 0 unspecified atom stereocenters. The van der Waals surface area contributed by atoms with Crippen LogP contribution in [-0.2, 0) is 4.79 Å². The van der Waals surface area contributed by atoms with Crippen LogP contribution in [-0.4, -0.2) is 16.9 Å². The summed E-state index contributed by atoms with van der Waals surface area (Å²) in [6.07, 6.45) is 0.405. The molecule has 0 fully saturated rings. The van der Waals surface area contributed by atoms with Crippen LogP contribution in [0.5, 0.6) is 0 Å². The molecule has 0 heterocycles. The Hall–Kier alpha value is -2.73. The summed E-state index contributed by atoms with van der Waals surface area (Å²) in [7, 11) is 0. The number of thiocarbonyl (C=S) groups is 1. The highest BCUT2D eigenvalue weighted by Gasteiger charge is 2.11. The molecule has 0 aromatic heterocycles. The average Bonchev–Trinajstić information content (AvgIpc) is 2.58. The van der Waals surface area contributed by atoms with E-state index in [1.807, 2.05) is 44.2 Å². The van der Waals surface area contributed by atoms with Gasteiger partial charge in [0.25, 0.3) is 5.91 Å². The van der Waals surface area contributed by atoms with Crippen LogP contribution in [0.4, 0.5) is 11.4 Å². The predicted molar refractivity (Wildman–Crippen MR) is 105 cm³/mol. The Kier molecular flexibility index (Phi) is 6.25. The largest absolute Gasteiger partial charge is 0.332 e. The number of benzene rings is 2. The molecular weight excluding hydrogens is 334 g/mol. The Balaban J connectivity index is 2.06. The van der Waals surface area contributed by atoms with Crippen molar-refractivity contribution in [3.8, 4) is 0 Å². The Morgan fingerprint density at radius 1 is 1.00 bits per heavy atom. The Morgan fingerprint density at radius 3 is 2.28 bits per heavy atom. The molecule has 3 N–H and O–H groups in total. The van der Waals surface area contributed by atoms with Crippen LogP contribution in [0.25, 0.3) is 0 Å². The fraction of sp³-hybridized carbons (Fsp3) is 0.211. The lowest BCUT2D eigenvalue weighted by Crippen LogP contribution is -2.34. The standard InChI is InChI=1S/C19H21N3O2S/c1-4-17(23)20-15-9-6-10-16(13(15)3)21-19(25)22-18(24)14-8-5-7-12(2)11-14/h5-11H,4H2,1-3H3,(H,20,23)(H2,21,22,24,25). The van der Waals surface area contributed by atoms with Crippen molar-refractivity contribution in [2.24, 2.45) is 0 Å². The van der Waals surface area contributed by atoms with E-state index in [-0.39, 0.29) is 16.9 Å². The average molecular weight is 355 g/mol. The molecule has 0 saturated heterocycles. The van der Waals surface area contributed by atoms with Gasteiger partial charge in [-0.05, 0) is 55.9 Å². The van der Waals surface area contributed by atoms with Gasteiger partial charge in [-0.3, -0.25) is 14.9 Å². The maximum atomic E-state index is 12.2. The molecule has 5 nitrogen and oxygen atoms in total. The number of hydrogen-bond acceptors (Lipinski definition) is 3. The summed E-state index contributed by atoms with van der Waals surface area (Å²) in [5.74, 6) is -0.329. The lowest BCUT2D eigenvalue weighted by atomic mass is 10.1.